The number of aromatic nitrogens is 3. The van der Waals surface area contributed by atoms with Crippen LogP contribution in [0.4, 0.5) is 0 Å². The molecule has 0 bridgehead atoms. The van der Waals surface area contributed by atoms with Crippen molar-refractivity contribution >= 4 is 16.9 Å². The number of rotatable bonds is 5. The van der Waals surface area contributed by atoms with Crippen LogP contribution in [0.2, 0.25) is 0 Å². The van der Waals surface area contributed by atoms with Gasteiger partial charge < -0.3 is 5.32 Å². The van der Waals surface area contributed by atoms with Gasteiger partial charge in [0.15, 0.2) is 0 Å². The Bertz CT molecular complexity index is 838. The highest BCUT2D eigenvalue weighted by Gasteiger charge is 2.10. The van der Waals surface area contributed by atoms with Gasteiger partial charge >= 0.3 is 0 Å². The molecule has 118 valence electrons. The fraction of sp³-hybridized carbons (Fsp3) is 0.278. The predicted octanol–water partition coefficient (Wildman–Crippen LogP) is 2.93. The second-order valence-corrected chi connectivity index (χ2v) is 5.63. The van der Waals surface area contributed by atoms with Crippen molar-refractivity contribution in [2.45, 2.75) is 26.8 Å². The normalized spacial score (nSPS) is 10.9. The second-order valence-electron chi connectivity index (χ2n) is 5.63. The maximum Gasteiger partial charge on any atom is 0.251 e. The van der Waals surface area contributed by atoms with Gasteiger partial charge in [-0.05, 0) is 42.7 Å². The van der Waals surface area contributed by atoms with E-state index >= 15 is 0 Å². The first-order chi connectivity index (χ1) is 11.2. The Morgan fingerprint density at radius 2 is 2.04 bits per heavy atom. The van der Waals surface area contributed by atoms with Crippen molar-refractivity contribution in [1.29, 1.82) is 0 Å². The molecule has 0 fully saturated rings. The molecule has 1 aromatic heterocycles. The molecule has 1 amide bonds. The first-order valence-corrected chi connectivity index (χ1v) is 7.85. The van der Waals surface area contributed by atoms with Crippen molar-refractivity contribution in [3.63, 3.8) is 0 Å². The summed E-state index contributed by atoms with van der Waals surface area (Å²) in [6, 6.07) is 13.8. The molecule has 0 aliphatic rings. The third kappa shape index (κ3) is 3.23. The van der Waals surface area contributed by atoms with E-state index in [2.05, 4.69) is 34.7 Å². The van der Waals surface area contributed by atoms with Gasteiger partial charge in [0.05, 0.1) is 12.1 Å². The molecule has 0 saturated carbocycles. The molecule has 23 heavy (non-hydrogen) atoms. The molecule has 3 rings (SSSR count). The smallest absolute Gasteiger partial charge is 0.251 e. The van der Waals surface area contributed by atoms with E-state index in [9.17, 15) is 4.79 Å². The highest BCUT2D eigenvalue weighted by Crippen LogP contribution is 2.16. The van der Waals surface area contributed by atoms with Crippen molar-refractivity contribution in [3.8, 4) is 0 Å². The van der Waals surface area contributed by atoms with Crippen LogP contribution in [0.25, 0.3) is 11.0 Å². The number of hydrogen-bond donors (Lipinski definition) is 1. The summed E-state index contributed by atoms with van der Waals surface area (Å²) in [6.45, 7) is 5.46. The molecule has 0 radical (unpaired) electrons. The molecule has 1 N–H and O–H groups in total. The van der Waals surface area contributed by atoms with E-state index in [1.54, 1.807) is 6.07 Å². The van der Waals surface area contributed by atoms with Gasteiger partial charge in [-0.15, -0.1) is 5.10 Å². The van der Waals surface area contributed by atoms with Crippen LogP contribution < -0.4 is 5.32 Å². The highest BCUT2D eigenvalue weighted by atomic mass is 16.1. The van der Waals surface area contributed by atoms with Gasteiger partial charge in [-0.3, -0.25) is 4.79 Å². The van der Waals surface area contributed by atoms with Crippen molar-refractivity contribution < 1.29 is 4.79 Å². The Labute approximate surface area is 135 Å². The van der Waals surface area contributed by atoms with E-state index in [4.69, 9.17) is 0 Å². The van der Waals surface area contributed by atoms with E-state index in [0.717, 1.165) is 17.5 Å². The molecule has 0 saturated heterocycles. The standard InChI is InChI=1S/C18H20N4O/c1-3-10-19-18(23)14-8-9-17-16(11-14)20-21-22(17)12-15-7-5-4-6-13(15)2/h4-9,11H,3,10,12H2,1-2H3,(H,19,23). The van der Waals surface area contributed by atoms with Crippen LogP contribution in [0, 0.1) is 6.92 Å². The Hall–Kier alpha value is -2.69. The number of fused-ring (bicyclic) bond motifs is 1. The summed E-state index contributed by atoms with van der Waals surface area (Å²) >= 11 is 0. The van der Waals surface area contributed by atoms with E-state index in [-0.39, 0.29) is 5.91 Å². The summed E-state index contributed by atoms with van der Waals surface area (Å²) in [5.41, 5.74) is 4.73. The summed E-state index contributed by atoms with van der Waals surface area (Å²) in [6.07, 6.45) is 0.917. The monoisotopic (exact) mass is 308 g/mol. The van der Waals surface area contributed by atoms with Crippen LogP contribution in [-0.4, -0.2) is 27.4 Å². The highest BCUT2D eigenvalue weighted by molar-refractivity contribution is 5.97. The van der Waals surface area contributed by atoms with Gasteiger partial charge in [-0.2, -0.15) is 0 Å². The Balaban J connectivity index is 1.87. The molecule has 5 heteroatoms. The maximum atomic E-state index is 12.0. The van der Waals surface area contributed by atoms with E-state index < -0.39 is 0 Å². The van der Waals surface area contributed by atoms with Crippen LogP contribution in [0.1, 0.15) is 34.8 Å². The van der Waals surface area contributed by atoms with E-state index in [1.165, 1.54) is 11.1 Å². The SMILES string of the molecule is CCCNC(=O)c1ccc2c(c1)nnn2Cc1ccccc1C. The summed E-state index contributed by atoms with van der Waals surface area (Å²) < 4.78 is 1.87. The van der Waals surface area contributed by atoms with Crippen molar-refractivity contribution in [2.24, 2.45) is 0 Å². The average molecular weight is 308 g/mol. The van der Waals surface area contributed by atoms with Gasteiger partial charge in [0.25, 0.3) is 5.91 Å². The summed E-state index contributed by atoms with van der Waals surface area (Å²) in [5.74, 6) is -0.0674. The lowest BCUT2D eigenvalue weighted by Crippen LogP contribution is -2.23. The Kier molecular flexibility index (Phi) is 4.37. The first kappa shape index (κ1) is 15.2. The quantitative estimate of drug-likeness (QED) is 0.788. The zero-order valence-corrected chi connectivity index (χ0v) is 13.4. The van der Waals surface area contributed by atoms with Gasteiger partial charge in [-0.1, -0.05) is 36.4 Å². The van der Waals surface area contributed by atoms with Crippen LogP contribution in [0.5, 0.6) is 0 Å². The second kappa shape index (κ2) is 6.60. The first-order valence-electron chi connectivity index (χ1n) is 7.85. The largest absolute Gasteiger partial charge is 0.352 e. The van der Waals surface area contributed by atoms with Gasteiger partial charge in [0.1, 0.15) is 5.52 Å². The van der Waals surface area contributed by atoms with Crippen LogP contribution in [-0.2, 0) is 6.54 Å². The predicted molar refractivity (Wildman–Crippen MR) is 90.4 cm³/mol. The topological polar surface area (TPSA) is 59.8 Å². The molecule has 2 aromatic carbocycles. The van der Waals surface area contributed by atoms with Crippen molar-refractivity contribution in [1.82, 2.24) is 20.3 Å². The fourth-order valence-corrected chi connectivity index (χ4v) is 2.52. The van der Waals surface area contributed by atoms with Gasteiger partial charge in [-0.25, -0.2) is 4.68 Å². The molecular formula is C18H20N4O. The molecule has 3 aromatic rings. The zero-order valence-electron chi connectivity index (χ0n) is 13.4. The number of nitrogens with zero attached hydrogens (tertiary/aromatic N) is 3. The minimum atomic E-state index is -0.0674. The number of benzene rings is 2. The van der Waals surface area contributed by atoms with Crippen LogP contribution in [0.3, 0.4) is 0 Å². The molecule has 5 nitrogen and oxygen atoms in total. The van der Waals surface area contributed by atoms with Gasteiger partial charge in [0.2, 0.25) is 0 Å². The van der Waals surface area contributed by atoms with Crippen molar-refractivity contribution in [2.75, 3.05) is 6.54 Å². The van der Waals surface area contributed by atoms with Crippen LogP contribution in [0.15, 0.2) is 42.5 Å². The molecule has 0 aliphatic carbocycles. The molecule has 0 atom stereocenters. The molecular weight excluding hydrogens is 288 g/mol. The lowest BCUT2D eigenvalue weighted by molar-refractivity contribution is 0.0954. The molecule has 0 spiro atoms. The molecule has 0 unspecified atom stereocenters. The van der Waals surface area contributed by atoms with Crippen molar-refractivity contribution in [3.05, 3.63) is 59.2 Å². The van der Waals surface area contributed by atoms with Crippen LogP contribution >= 0.6 is 0 Å². The fourth-order valence-electron chi connectivity index (χ4n) is 2.52. The summed E-state index contributed by atoms with van der Waals surface area (Å²) in [5, 5.41) is 11.3. The number of nitrogens with one attached hydrogen (secondary N) is 1. The number of amides is 1. The number of carbonyl (C=O) groups excluding carboxylic acids is 1. The molecule has 0 aliphatic heterocycles. The lowest BCUT2D eigenvalue weighted by atomic mass is 10.1. The minimum absolute atomic E-state index is 0.0674. The zero-order chi connectivity index (χ0) is 16.2. The third-order valence-corrected chi connectivity index (χ3v) is 3.89. The minimum Gasteiger partial charge on any atom is -0.352 e. The summed E-state index contributed by atoms with van der Waals surface area (Å²) in [4.78, 5) is 12.0. The number of aryl methyl sites for hydroxylation is 1. The summed E-state index contributed by atoms with van der Waals surface area (Å²) in [7, 11) is 0. The van der Waals surface area contributed by atoms with E-state index in [1.807, 2.05) is 35.9 Å². The number of hydrogen-bond acceptors (Lipinski definition) is 3. The maximum absolute atomic E-state index is 12.0. The van der Waals surface area contributed by atoms with E-state index in [0.29, 0.717) is 18.7 Å². The Morgan fingerprint density at radius 3 is 2.83 bits per heavy atom. The third-order valence-electron chi connectivity index (χ3n) is 3.89. The van der Waals surface area contributed by atoms with Gasteiger partial charge in [0, 0.05) is 12.1 Å². The number of carbonyl (C=O) groups is 1. The lowest BCUT2D eigenvalue weighted by Gasteiger charge is -2.06. The molecule has 1 heterocycles. The Morgan fingerprint density at radius 1 is 1.22 bits per heavy atom. The average Bonchev–Trinajstić information content (AvgIpc) is 2.97.